The van der Waals surface area contributed by atoms with E-state index >= 15 is 0 Å². The fraction of sp³-hybridized carbons (Fsp3) is 1.00. The van der Waals surface area contributed by atoms with Crippen LogP contribution in [0.1, 0.15) is 38.5 Å². The summed E-state index contributed by atoms with van der Waals surface area (Å²) in [5.74, 6) is 0. The molecule has 0 unspecified atom stereocenters. The first-order valence-electron chi connectivity index (χ1n) is 7.43. The van der Waals surface area contributed by atoms with Crippen molar-refractivity contribution in [1.29, 1.82) is 0 Å². The van der Waals surface area contributed by atoms with Gasteiger partial charge in [0.05, 0.1) is 0 Å². The average molecular weight is 289 g/mol. The Morgan fingerprint density at radius 2 is 1.47 bits per heavy atom. The topological polar surface area (TPSA) is 43.9 Å². The third-order valence-corrected chi connectivity index (χ3v) is 6.31. The van der Waals surface area contributed by atoms with Crippen LogP contribution in [0, 0.1) is 0 Å². The van der Waals surface area contributed by atoms with Crippen LogP contribution in [0.4, 0.5) is 0 Å². The van der Waals surface area contributed by atoms with E-state index in [0.29, 0.717) is 32.2 Å². The highest BCUT2D eigenvalue weighted by Gasteiger charge is 2.34. The van der Waals surface area contributed by atoms with E-state index < -0.39 is 10.2 Å². The molecule has 2 fully saturated rings. The van der Waals surface area contributed by atoms with E-state index in [4.69, 9.17) is 0 Å². The van der Waals surface area contributed by atoms with E-state index in [-0.39, 0.29) is 0 Å². The maximum Gasteiger partial charge on any atom is 0.282 e. The van der Waals surface area contributed by atoms with Crippen molar-refractivity contribution in [1.82, 2.24) is 13.5 Å². The van der Waals surface area contributed by atoms with E-state index in [2.05, 4.69) is 4.90 Å². The largest absolute Gasteiger partial charge is 0.305 e. The van der Waals surface area contributed by atoms with Crippen LogP contribution in [0.5, 0.6) is 0 Å². The first-order chi connectivity index (χ1) is 9.01. The van der Waals surface area contributed by atoms with Gasteiger partial charge in [0.25, 0.3) is 10.2 Å². The lowest BCUT2D eigenvalue weighted by atomic mass is 10.1. The highest BCUT2D eigenvalue weighted by atomic mass is 32.2. The molecule has 0 saturated carbocycles. The highest BCUT2D eigenvalue weighted by molar-refractivity contribution is 7.86. The fourth-order valence-corrected chi connectivity index (χ4v) is 4.75. The molecule has 112 valence electrons. The quantitative estimate of drug-likeness (QED) is 0.782. The van der Waals surface area contributed by atoms with Crippen molar-refractivity contribution in [3.8, 4) is 0 Å². The Labute approximate surface area is 117 Å². The Morgan fingerprint density at radius 3 is 2.05 bits per heavy atom. The summed E-state index contributed by atoms with van der Waals surface area (Å²) in [5, 5.41) is 0. The molecule has 19 heavy (non-hydrogen) atoms. The maximum absolute atomic E-state index is 12.7. The molecule has 0 amide bonds. The molecule has 2 aliphatic rings. The molecule has 5 nitrogen and oxygen atoms in total. The predicted molar refractivity (Wildman–Crippen MR) is 77.2 cm³/mol. The van der Waals surface area contributed by atoms with Crippen LogP contribution in [0.3, 0.4) is 0 Å². The third-order valence-electron chi connectivity index (χ3n) is 4.31. The number of hydrogen-bond acceptors (Lipinski definition) is 3. The molecule has 1 atom stereocenters. The third kappa shape index (κ3) is 3.68. The molecule has 0 aromatic carbocycles. The van der Waals surface area contributed by atoms with Crippen molar-refractivity contribution < 1.29 is 8.42 Å². The normalized spacial score (nSPS) is 28.5. The molecule has 0 aliphatic carbocycles. The monoisotopic (exact) mass is 289 g/mol. The van der Waals surface area contributed by atoms with E-state index in [1.165, 1.54) is 0 Å². The van der Waals surface area contributed by atoms with Crippen molar-refractivity contribution in [3.05, 3.63) is 0 Å². The van der Waals surface area contributed by atoms with E-state index in [1.54, 1.807) is 8.61 Å². The van der Waals surface area contributed by atoms with Gasteiger partial charge in [-0.2, -0.15) is 17.0 Å². The summed E-state index contributed by atoms with van der Waals surface area (Å²) in [4.78, 5) is 2.14. The molecule has 0 bridgehead atoms. The average Bonchev–Trinajstić information content (AvgIpc) is 2.68. The first-order valence-corrected chi connectivity index (χ1v) is 8.83. The zero-order valence-corrected chi connectivity index (χ0v) is 13.0. The number of nitrogens with zero attached hydrogens (tertiary/aromatic N) is 3. The van der Waals surface area contributed by atoms with Gasteiger partial charge in [-0.3, -0.25) is 0 Å². The lowest BCUT2D eigenvalue weighted by molar-refractivity contribution is 0.183. The van der Waals surface area contributed by atoms with Crippen LogP contribution in [0.25, 0.3) is 0 Å². The summed E-state index contributed by atoms with van der Waals surface area (Å²) in [6, 6.07) is 0.357. The Morgan fingerprint density at radius 1 is 0.895 bits per heavy atom. The second-order valence-electron chi connectivity index (χ2n) is 5.94. The van der Waals surface area contributed by atoms with Gasteiger partial charge in [-0.05, 0) is 39.8 Å². The molecular formula is C13H27N3O2S. The lowest BCUT2D eigenvalue weighted by Crippen LogP contribution is -2.52. The van der Waals surface area contributed by atoms with Gasteiger partial charge in [0, 0.05) is 32.2 Å². The Balaban J connectivity index is 2.05. The number of likely N-dealkylation sites (N-methyl/N-ethyl adjacent to an activating group) is 1. The van der Waals surface area contributed by atoms with Crippen LogP contribution in [0.15, 0.2) is 0 Å². The number of hydrogen-bond donors (Lipinski definition) is 0. The van der Waals surface area contributed by atoms with Gasteiger partial charge in [0.15, 0.2) is 0 Å². The van der Waals surface area contributed by atoms with Crippen molar-refractivity contribution in [2.24, 2.45) is 0 Å². The van der Waals surface area contributed by atoms with Gasteiger partial charge in [-0.25, -0.2) is 0 Å². The zero-order valence-electron chi connectivity index (χ0n) is 12.2. The molecule has 2 aliphatic heterocycles. The van der Waals surface area contributed by atoms with Crippen LogP contribution in [-0.4, -0.2) is 68.2 Å². The van der Waals surface area contributed by atoms with Crippen molar-refractivity contribution >= 4 is 10.2 Å². The number of piperidine rings is 1. The van der Waals surface area contributed by atoms with Gasteiger partial charge in [0.2, 0.25) is 0 Å². The van der Waals surface area contributed by atoms with Gasteiger partial charge >= 0.3 is 0 Å². The molecule has 2 heterocycles. The smallest absolute Gasteiger partial charge is 0.282 e. The lowest BCUT2D eigenvalue weighted by Gasteiger charge is -2.37. The summed E-state index contributed by atoms with van der Waals surface area (Å²) in [6.45, 7) is 2.73. The van der Waals surface area contributed by atoms with Gasteiger partial charge in [0.1, 0.15) is 0 Å². The standard InChI is InChI=1S/C13H27N3O2S/c1-14(2)13-8-7-11-16(12-13)19(17,18)15-9-5-3-4-6-10-15/h13H,3-12H2,1-2H3/t13-/m1/s1. The van der Waals surface area contributed by atoms with Crippen molar-refractivity contribution in [2.45, 2.75) is 44.6 Å². The van der Waals surface area contributed by atoms with Gasteiger partial charge < -0.3 is 4.90 Å². The summed E-state index contributed by atoms with van der Waals surface area (Å²) >= 11 is 0. The van der Waals surface area contributed by atoms with E-state index in [1.807, 2.05) is 14.1 Å². The molecule has 0 aromatic rings. The molecule has 2 saturated heterocycles. The molecule has 0 spiro atoms. The second-order valence-corrected chi connectivity index (χ2v) is 7.87. The van der Waals surface area contributed by atoms with Gasteiger partial charge in [-0.15, -0.1) is 0 Å². The Bertz CT molecular complexity index is 375. The van der Waals surface area contributed by atoms with Crippen molar-refractivity contribution in [3.63, 3.8) is 0 Å². The summed E-state index contributed by atoms with van der Waals surface area (Å²) in [5.41, 5.74) is 0. The minimum absolute atomic E-state index is 0.357. The Hall–Kier alpha value is -0.170. The van der Waals surface area contributed by atoms with Crippen molar-refractivity contribution in [2.75, 3.05) is 40.3 Å². The van der Waals surface area contributed by atoms with E-state index in [9.17, 15) is 8.42 Å². The molecule has 0 radical (unpaired) electrons. The SMILES string of the molecule is CN(C)[C@@H]1CCCN(S(=O)(=O)N2CCCCCC2)C1. The van der Waals surface area contributed by atoms with Crippen LogP contribution >= 0.6 is 0 Å². The number of rotatable bonds is 3. The summed E-state index contributed by atoms with van der Waals surface area (Å²) < 4.78 is 28.8. The Kier molecular flexibility index (Phi) is 5.22. The molecule has 0 N–H and O–H groups in total. The zero-order chi connectivity index (χ0) is 13.9. The maximum atomic E-state index is 12.7. The molecule has 6 heteroatoms. The van der Waals surface area contributed by atoms with Crippen LogP contribution in [0.2, 0.25) is 0 Å². The minimum Gasteiger partial charge on any atom is -0.305 e. The molecular weight excluding hydrogens is 262 g/mol. The summed E-state index contributed by atoms with van der Waals surface area (Å²) in [6.07, 6.45) is 6.39. The first kappa shape index (κ1) is 15.2. The second kappa shape index (κ2) is 6.52. The van der Waals surface area contributed by atoms with Crippen LogP contribution in [-0.2, 0) is 10.2 Å². The predicted octanol–water partition coefficient (Wildman–Crippen LogP) is 1.13. The highest BCUT2D eigenvalue weighted by Crippen LogP contribution is 2.21. The van der Waals surface area contributed by atoms with Crippen LogP contribution < -0.4 is 0 Å². The van der Waals surface area contributed by atoms with E-state index in [0.717, 1.165) is 38.5 Å². The van der Waals surface area contributed by atoms with Gasteiger partial charge in [-0.1, -0.05) is 12.8 Å². The molecule has 2 rings (SSSR count). The molecule has 0 aromatic heterocycles. The fourth-order valence-electron chi connectivity index (χ4n) is 2.99. The summed E-state index contributed by atoms with van der Waals surface area (Å²) in [7, 11) is 0.834. The minimum atomic E-state index is -3.23.